The lowest BCUT2D eigenvalue weighted by Gasteiger charge is -2.53. The zero-order valence-electron chi connectivity index (χ0n) is 13.4. The van der Waals surface area contributed by atoms with E-state index in [1.165, 1.54) is 6.42 Å². The van der Waals surface area contributed by atoms with Crippen LogP contribution in [0.4, 0.5) is 0 Å². The smallest absolute Gasteiger partial charge is 0.312 e. The molecular formula is C18H28O3. The molecule has 4 aliphatic rings. The fourth-order valence-electron chi connectivity index (χ4n) is 4.97. The van der Waals surface area contributed by atoms with Gasteiger partial charge in [-0.25, -0.2) is 0 Å². The van der Waals surface area contributed by atoms with Gasteiger partial charge in [0.05, 0.1) is 12.0 Å². The SMILES string of the molecule is CC(C)CCCCOC(=O)C12CC3CC(C1)C(=O)C(C3)C2. The van der Waals surface area contributed by atoms with Gasteiger partial charge in [0.1, 0.15) is 5.78 Å². The fourth-order valence-corrected chi connectivity index (χ4v) is 4.97. The Hall–Kier alpha value is -0.860. The summed E-state index contributed by atoms with van der Waals surface area (Å²) in [4.78, 5) is 24.7. The van der Waals surface area contributed by atoms with Gasteiger partial charge in [0, 0.05) is 11.8 Å². The monoisotopic (exact) mass is 292 g/mol. The number of esters is 1. The van der Waals surface area contributed by atoms with E-state index in [9.17, 15) is 9.59 Å². The van der Waals surface area contributed by atoms with Crippen molar-refractivity contribution >= 4 is 11.8 Å². The maximum absolute atomic E-state index is 12.6. The summed E-state index contributed by atoms with van der Waals surface area (Å²) in [6, 6.07) is 0. The Bertz CT molecular complexity index is 408. The average molecular weight is 292 g/mol. The molecule has 0 aromatic carbocycles. The molecule has 4 fully saturated rings. The molecule has 0 saturated heterocycles. The van der Waals surface area contributed by atoms with Gasteiger partial charge in [0.25, 0.3) is 0 Å². The van der Waals surface area contributed by atoms with Crippen molar-refractivity contribution in [3.63, 3.8) is 0 Å². The third-order valence-electron chi connectivity index (χ3n) is 5.84. The first-order valence-corrected chi connectivity index (χ1v) is 8.71. The topological polar surface area (TPSA) is 43.4 Å². The van der Waals surface area contributed by atoms with Crippen molar-refractivity contribution in [3.05, 3.63) is 0 Å². The van der Waals surface area contributed by atoms with Crippen LogP contribution in [-0.2, 0) is 14.3 Å². The Labute approximate surface area is 127 Å². The number of hydrogen-bond acceptors (Lipinski definition) is 3. The van der Waals surface area contributed by atoms with E-state index in [1.807, 2.05) is 0 Å². The van der Waals surface area contributed by atoms with Crippen LogP contribution < -0.4 is 0 Å². The normalized spacial score (nSPS) is 37.3. The predicted octanol–water partition coefficient (Wildman–Crippen LogP) is 3.75. The molecule has 4 aliphatic carbocycles. The number of hydrogen-bond donors (Lipinski definition) is 0. The van der Waals surface area contributed by atoms with E-state index >= 15 is 0 Å². The van der Waals surface area contributed by atoms with Gasteiger partial charge in [-0.05, 0) is 56.8 Å². The minimum Gasteiger partial charge on any atom is -0.465 e. The summed E-state index contributed by atoms with van der Waals surface area (Å²) < 4.78 is 5.59. The summed E-state index contributed by atoms with van der Waals surface area (Å²) in [6.45, 7) is 5.00. The van der Waals surface area contributed by atoms with Crippen LogP contribution in [-0.4, -0.2) is 18.4 Å². The Morgan fingerprint density at radius 3 is 2.48 bits per heavy atom. The van der Waals surface area contributed by atoms with E-state index in [0.717, 1.165) is 50.9 Å². The second-order valence-electron chi connectivity index (χ2n) is 8.05. The first-order valence-electron chi connectivity index (χ1n) is 8.71. The van der Waals surface area contributed by atoms with E-state index < -0.39 is 0 Å². The molecular weight excluding hydrogens is 264 g/mol. The Morgan fingerprint density at radius 1 is 1.19 bits per heavy atom. The van der Waals surface area contributed by atoms with Gasteiger partial charge in [-0.15, -0.1) is 0 Å². The van der Waals surface area contributed by atoms with Crippen LogP contribution in [0, 0.1) is 29.1 Å². The molecule has 3 heteroatoms. The molecule has 0 radical (unpaired) electrons. The molecule has 0 aromatic rings. The predicted molar refractivity (Wildman–Crippen MR) is 80.6 cm³/mol. The number of ether oxygens (including phenoxy) is 1. The summed E-state index contributed by atoms with van der Waals surface area (Å²) in [5, 5.41) is 0. The number of rotatable bonds is 6. The molecule has 118 valence electrons. The molecule has 0 aliphatic heterocycles. The van der Waals surface area contributed by atoms with Gasteiger partial charge < -0.3 is 4.74 Å². The van der Waals surface area contributed by atoms with Gasteiger partial charge in [0.15, 0.2) is 0 Å². The maximum atomic E-state index is 12.6. The molecule has 2 atom stereocenters. The lowest BCUT2D eigenvalue weighted by molar-refractivity contribution is -0.174. The molecule has 2 unspecified atom stereocenters. The van der Waals surface area contributed by atoms with E-state index in [1.54, 1.807) is 0 Å². The van der Waals surface area contributed by atoms with Gasteiger partial charge in [-0.3, -0.25) is 9.59 Å². The molecule has 0 spiro atoms. The van der Waals surface area contributed by atoms with Crippen LogP contribution in [0.2, 0.25) is 0 Å². The van der Waals surface area contributed by atoms with Crippen molar-refractivity contribution < 1.29 is 14.3 Å². The third-order valence-corrected chi connectivity index (χ3v) is 5.84. The Kier molecular flexibility index (Phi) is 4.11. The Balaban J connectivity index is 1.52. The number of carbonyl (C=O) groups is 2. The van der Waals surface area contributed by atoms with Crippen LogP contribution in [0.25, 0.3) is 0 Å². The lowest BCUT2D eigenvalue weighted by Crippen LogP contribution is -2.54. The quantitative estimate of drug-likeness (QED) is 0.553. The second-order valence-corrected chi connectivity index (χ2v) is 8.05. The van der Waals surface area contributed by atoms with Gasteiger partial charge in [0.2, 0.25) is 0 Å². The molecule has 0 amide bonds. The molecule has 21 heavy (non-hydrogen) atoms. The highest BCUT2D eigenvalue weighted by atomic mass is 16.5. The van der Waals surface area contributed by atoms with Crippen molar-refractivity contribution in [2.45, 2.75) is 65.2 Å². The number of Topliss-reactive ketones (excluding diaryl/α,β-unsaturated/α-hetero) is 1. The first-order chi connectivity index (χ1) is 10.00. The van der Waals surface area contributed by atoms with E-state index in [-0.39, 0.29) is 23.2 Å². The summed E-state index contributed by atoms with van der Waals surface area (Å²) in [7, 11) is 0. The van der Waals surface area contributed by atoms with Gasteiger partial charge in [-0.2, -0.15) is 0 Å². The highest BCUT2D eigenvalue weighted by Crippen LogP contribution is 2.59. The number of carbonyl (C=O) groups excluding carboxylic acids is 2. The Morgan fingerprint density at radius 2 is 1.86 bits per heavy atom. The molecule has 0 N–H and O–H groups in total. The maximum Gasteiger partial charge on any atom is 0.312 e. The molecule has 4 rings (SSSR count). The van der Waals surface area contributed by atoms with E-state index in [4.69, 9.17) is 4.74 Å². The van der Waals surface area contributed by atoms with Crippen LogP contribution in [0.3, 0.4) is 0 Å². The standard InChI is InChI=1S/C18H28O3/c1-12(2)5-3-4-6-21-17(20)18-9-13-7-14(10-18)16(19)15(8-13)11-18/h12-15H,3-11H2,1-2H3. The third kappa shape index (κ3) is 2.89. The second kappa shape index (κ2) is 5.73. The summed E-state index contributed by atoms with van der Waals surface area (Å²) in [5.74, 6) is 2.06. The summed E-state index contributed by atoms with van der Waals surface area (Å²) >= 11 is 0. The van der Waals surface area contributed by atoms with E-state index in [2.05, 4.69) is 13.8 Å². The molecule has 0 aromatic heterocycles. The fraction of sp³-hybridized carbons (Fsp3) is 0.889. The summed E-state index contributed by atoms with van der Waals surface area (Å²) in [5.41, 5.74) is -0.303. The molecule has 0 heterocycles. The highest BCUT2D eigenvalue weighted by molar-refractivity contribution is 5.89. The van der Waals surface area contributed by atoms with Gasteiger partial charge in [-0.1, -0.05) is 20.3 Å². The zero-order valence-corrected chi connectivity index (χ0v) is 13.4. The summed E-state index contributed by atoms with van der Waals surface area (Å²) in [6.07, 6.45) is 7.85. The average Bonchev–Trinajstić information content (AvgIpc) is 2.42. The zero-order chi connectivity index (χ0) is 15.0. The number of unbranched alkanes of at least 4 members (excludes halogenated alkanes) is 1. The molecule has 3 nitrogen and oxygen atoms in total. The van der Waals surface area contributed by atoms with Crippen LogP contribution >= 0.6 is 0 Å². The lowest BCUT2D eigenvalue weighted by atomic mass is 9.49. The van der Waals surface area contributed by atoms with Crippen molar-refractivity contribution in [1.82, 2.24) is 0 Å². The highest BCUT2D eigenvalue weighted by Gasteiger charge is 2.58. The molecule has 4 saturated carbocycles. The van der Waals surface area contributed by atoms with Crippen molar-refractivity contribution in [3.8, 4) is 0 Å². The van der Waals surface area contributed by atoms with Gasteiger partial charge >= 0.3 is 5.97 Å². The van der Waals surface area contributed by atoms with Crippen LogP contribution in [0.1, 0.15) is 65.2 Å². The minimum absolute atomic E-state index is 0.000975. The molecule has 4 bridgehead atoms. The minimum atomic E-state index is -0.303. The van der Waals surface area contributed by atoms with Crippen molar-refractivity contribution in [1.29, 1.82) is 0 Å². The number of ketones is 1. The van der Waals surface area contributed by atoms with Crippen LogP contribution in [0.15, 0.2) is 0 Å². The first kappa shape index (κ1) is 15.1. The largest absolute Gasteiger partial charge is 0.465 e. The van der Waals surface area contributed by atoms with Crippen molar-refractivity contribution in [2.24, 2.45) is 29.1 Å². The van der Waals surface area contributed by atoms with Crippen LogP contribution in [0.5, 0.6) is 0 Å². The van der Waals surface area contributed by atoms with Crippen molar-refractivity contribution in [2.75, 3.05) is 6.61 Å². The van der Waals surface area contributed by atoms with E-state index in [0.29, 0.717) is 18.3 Å².